The molecule has 1 unspecified atom stereocenters. The fourth-order valence-electron chi connectivity index (χ4n) is 2.89. The predicted molar refractivity (Wildman–Crippen MR) is 69.1 cm³/mol. The van der Waals surface area contributed by atoms with Gasteiger partial charge in [0, 0.05) is 43.4 Å². The number of nitrogens with one attached hydrogen (secondary N) is 1. The van der Waals surface area contributed by atoms with Gasteiger partial charge in [-0.1, -0.05) is 18.2 Å². The van der Waals surface area contributed by atoms with E-state index in [-0.39, 0.29) is 5.60 Å². The van der Waals surface area contributed by atoms with Crippen LogP contribution >= 0.6 is 0 Å². The van der Waals surface area contributed by atoms with Crippen LogP contribution in [-0.4, -0.2) is 24.8 Å². The molecule has 3 rings (SSSR count). The van der Waals surface area contributed by atoms with Gasteiger partial charge in [0.2, 0.25) is 0 Å². The summed E-state index contributed by atoms with van der Waals surface area (Å²) in [7, 11) is 3.91. The Kier molecular flexibility index (Phi) is 2.45. The van der Waals surface area contributed by atoms with Gasteiger partial charge in [-0.3, -0.25) is 0 Å². The smallest absolute Gasteiger partial charge is 0.108 e. The third kappa shape index (κ3) is 1.50. The molecule has 0 bridgehead atoms. The molecule has 3 heteroatoms. The molecular weight excluding hydrogens is 212 g/mol. The Bertz CT molecular complexity index is 538. The van der Waals surface area contributed by atoms with Crippen LogP contribution in [0.2, 0.25) is 0 Å². The van der Waals surface area contributed by atoms with Gasteiger partial charge in [-0.05, 0) is 19.0 Å². The van der Waals surface area contributed by atoms with E-state index in [4.69, 9.17) is 4.74 Å². The molecule has 0 saturated carbocycles. The van der Waals surface area contributed by atoms with Crippen LogP contribution in [0.4, 0.5) is 0 Å². The van der Waals surface area contributed by atoms with E-state index in [0.29, 0.717) is 0 Å². The van der Waals surface area contributed by atoms with Gasteiger partial charge in [0.05, 0.1) is 0 Å². The van der Waals surface area contributed by atoms with Crippen LogP contribution in [0.1, 0.15) is 12.0 Å². The van der Waals surface area contributed by atoms with E-state index in [2.05, 4.69) is 47.4 Å². The van der Waals surface area contributed by atoms with Crippen LogP contribution in [-0.2, 0) is 17.4 Å². The molecule has 2 aromatic rings. The Balaban J connectivity index is 2.23. The molecule has 1 N–H and O–H groups in total. The van der Waals surface area contributed by atoms with Crippen LogP contribution in [0.5, 0.6) is 0 Å². The molecule has 0 radical (unpaired) electrons. The molecule has 1 aliphatic heterocycles. The normalized spacial score (nSPS) is 24.6. The lowest BCUT2D eigenvalue weighted by molar-refractivity contribution is 0.00439. The van der Waals surface area contributed by atoms with Crippen molar-refractivity contribution in [3.05, 3.63) is 36.0 Å². The van der Waals surface area contributed by atoms with Crippen LogP contribution in [0.25, 0.3) is 10.9 Å². The molecule has 1 fully saturated rings. The molecule has 90 valence electrons. The minimum Gasteiger partial charge on any atom is -0.372 e. The fraction of sp³-hybridized carbons (Fsp3) is 0.429. The number of aryl methyl sites for hydroxylation is 1. The highest BCUT2D eigenvalue weighted by Gasteiger charge is 2.37. The lowest BCUT2D eigenvalue weighted by Gasteiger charge is -2.26. The molecule has 1 aliphatic rings. The van der Waals surface area contributed by atoms with E-state index in [1.54, 1.807) is 0 Å². The van der Waals surface area contributed by atoms with Crippen molar-refractivity contribution in [1.82, 2.24) is 9.88 Å². The molecule has 3 nitrogen and oxygen atoms in total. The molecule has 0 spiro atoms. The van der Waals surface area contributed by atoms with E-state index in [1.165, 1.54) is 16.5 Å². The number of rotatable bonds is 2. The Morgan fingerprint density at radius 3 is 2.88 bits per heavy atom. The molecule has 1 aromatic heterocycles. The van der Waals surface area contributed by atoms with E-state index >= 15 is 0 Å². The highest BCUT2D eigenvalue weighted by molar-refractivity contribution is 5.84. The van der Waals surface area contributed by atoms with Gasteiger partial charge in [0.25, 0.3) is 0 Å². The van der Waals surface area contributed by atoms with Crippen molar-refractivity contribution >= 4 is 10.9 Å². The summed E-state index contributed by atoms with van der Waals surface area (Å²) in [4.78, 5) is 0. The third-order valence-corrected chi connectivity index (χ3v) is 3.89. The van der Waals surface area contributed by atoms with Crippen molar-refractivity contribution in [2.75, 3.05) is 20.2 Å². The van der Waals surface area contributed by atoms with E-state index in [1.807, 2.05) is 7.11 Å². The lowest BCUT2D eigenvalue weighted by atomic mass is 9.92. The quantitative estimate of drug-likeness (QED) is 0.854. The van der Waals surface area contributed by atoms with Gasteiger partial charge in [0.1, 0.15) is 5.60 Å². The maximum absolute atomic E-state index is 5.83. The Labute approximate surface area is 101 Å². The monoisotopic (exact) mass is 230 g/mol. The second kappa shape index (κ2) is 3.86. The van der Waals surface area contributed by atoms with E-state index in [9.17, 15) is 0 Å². The summed E-state index contributed by atoms with van der Waals surface area (Å²) in [5.74, 6) is 0. The van der Waals surface area contributed by atoms with E-state index in [0.717, 1.165) is 19.5 Å². The summed E-state index contributed by atoms with van der Waals surface area (Å²) in [5, 5.41) is 4.71. The van der Waals surface area contributed by atoms with Gasteiger partial charge < -0.3 is 14.6 Å². The van der Waals surface area contributed by atoms with Gasteiger partial charge >= 0.3 is 0 Å². The molecule has 1 saturated heterocycles. The zero-order valence-corrected chi connectivity index (χ0v) is 10.4. The largest absolute Gasteiger partial charge is 0.372 e. The number of benzene rings is 1. The average molecular weight is 230 g/mol. The standard InChI is InChI=1S/C14H18N2O/c1-16-9-12(11-5-3-4-6-13(11)16)14(17-2)7-8-15-10-14/h3-6,9,15H,7-8,10H2,1-2H3. The van der Waals surface area contributed by atoms with Gasteiger partial charge in [0.15, 0.2) is 0 Å². The second-order valence-corrected chi connectivity index (χ2v) is 4.80. The predicted octanol–water partition coefficient (Wildman–Crippen LogP) is 2.01. The Morgan fingerprint density at radius 1 is 1.35 bits per heavy atom. The van der Waals surface area contributed by atoms with Crippen molar-refractivity contribution in [2.24, 2.45) is 7.05 Å². The molecular formula is C14H18N2O. The minimum absolute atomic E-state index is 0.152. The summed E-state index contributed by atoms with van der Waals surface area (Å²) in [6.45, 7) is 1.93. The molecule has 17 heavy (non-hydrogen) atoms. The minimum atomic E-state index is -0.152. The first-order valence-electron chi connectivity index (χ1n) is 6.07. The van der Waals surface area contributed by atoms with Crippen molar-refractivity contribution in [1.29, 1.82) is 0 Å². The van der Waals surface area contributed by atoms with Crippen molar-refractivity contribution in [2.45, 2.75) is 12.0 Å². The van der Waals surface area contributed by atoms with Crippen molar-refractivity contribution in [3.8, 4) is 0 Å². The van der Waals surface area contributed by atoms with Crippen LogP contribution in [0.3, 0.4) is 0 Å². The van der Waals surface area contributed by atoms with Crippen molar-refractivity contribution in [3.63, 3.8) is 0 Å². The Hall–Kier alpha value is -1.32. The molecule has 2 heterocycles. The van der Waals surface area contributed by atoms with Crippen LogP contribution in [0.15, 0.2) is 30.5 Å². The van der Waals surface area contributed by atoms with E-state index < -0.39 is 0 Å². The molecule has 1 atom stereocenters. The fourth-order valence-corrected chi connectivity index (χ4v) is 2.89. The topological polar surface area (TPSA) is 26.2 Å². The molecule has 0 aliphatic carbocycles. The lowest BCUT2D eigenvalue weighted by Crippen LogP contribution is -2.30. The van der Waals surface area contributed by atoms with Gasteiger partial charge in [-0.2, -0.15) is 0 Å². The van der Waals surface area contributed by atoms with Crippen LogP contribution < -0.4 is 5.32 Å². The Morgan fingerprint density at radius 2 is 2.18 bits per heavy atom. The maximum Gasteiger partial charge on any atom is 0.108 e. The highest BCUT2D eigenvalue weighted by Crippen LogP contribution is 2.36. The number of para-hydroxylation sites is 1. The first kappa shape index (κ1) is 10.8. The number of ether oxygens (including phenoxy) is 1. The zero-order chi connectivity index (χ0) is 11.9. The third-order valence-electron chi connectivity index (χ3n) is 3.89. The van der Waals surface area contributed by atoms with Crippen LogP contribution in [0, 0.1) is 0 Å². The van der Waals surface area contributed by atoms with Gasteiger partial charge in [-0.25, -0.2) is 0 Å². The number of fused-ring (bicyclic) bond motifs is 1. The second-order valence-electron chi connectivity index (χ2n) is 4.80. The summed E-state index contributed by atoms with van der Waals surface area (Å²) < 4.78 is 8.01. The number of nitrogens with zero attached hydrogens (tertiary/aromatic N) is 1. The molecule has 1 aromatic carbocycles. The summed E-state index contributed by atoms with van der Waals surface area (Å²) >= 11 is 0. The first-order valence-corrected chi connectivity index (χ1v) is 6.07. The van der Waals surface area contributed by atoms with Crippen molar-refractivity contribution < 1.29 is 4.74 Å². The summed E-state index contributed by atoms with van der Waals surface area (Å²) in [6.07, 6.45) is 3.25. The number of hydrogen-bond donors (Lipinski definition) is 1. The summed E-state index contributed by atoms with van der Waals surface area (Å²) in [5.41, 5.74) is 2.43. The average Bonchev–Trinajstić information content (AvgIpc) is 2.96. The highest BCUT2D eigenvalue weighted by atomic mass is 16.5. The molecule has 0 amide bonds. The van der Waals surface area contributed by atoms with Gasteiger partial charge in [-0.15, -0.1) is 0 Å². The number of methoxy groups -OCH3 is 1. The number of aromatic nitrogens is 1. The zero-order valence-electron chi connectivity index (χ0n) is 10.4. The maximum atomic E-state index is 5.83. The first-order chi connectivity index (χ1) is 8.27. The summed E-state index contributed by atoms with van der Waals surface area (Å²) in [6, 6.07) is 8.52. The SMILES string of the molecule is COC1(c2cn(C)c3ccccc23)CCNC1. The number of hydrogen-bond acceptors (Lipinski definition) is 2.